The zero-order chi connectivity index (χ0) is 23.8. The van der Waals surface area contributed by atoms with Gasteiger partial charge in [0.05, 0.1) is 10.6 Å². The zero-order valence-electron chi connectivity index (χ0n) is 16.7. The van der Waals surface area contributed by atoms with Gasteiger partial charge in [0.15, 0.2) is 5.75 Å². The number of nitrogens with zero attached hydrogens (tertiary/aromatic N) is 2. The molecule has 0 saturated carbocycles. The molecule has 0 fully saturated rings. The van der Waals surface area contributed by atoms with Crippen molar-refractivity contribution in [3.63, 3.8) is 0 Å². The van der Waals surface area contributed by atoms with Gasteiger partial charge >= 0.3 is 0 Å². The largest absolute Gasteiger partial charge is 0.504 e. The van der Waals surface area contributed by atoms with Crippen molar-refractivity contribution in [2.45, 2.75) is 9.79 Å². The van der Waals surface area contributed by atoms with Crippen LogP contribution >= 0.6 is 0 Å². The van der Waals surface area contributed by atoms with E-state index in [1.54, 1.807) is 12.1 Å². The molecule has 0 aliphatic carbocycles. The summed E-state index contributed by atoms with van der Waals surface area (Å²) in [6.07, 6.45) is 0. The van der Waals surface area contributed by atoms with Crippen LogP contribution in [0.3, 0.4) is 0 Å². The van der Waals surface area contributed by atoms with Gasteiger partial charge in [-0.3, -0.25) is 9.11 Å². The third kappa shape index (κ3) is 4.76. The lowest BCUT2D eigenvalue weighted by molar-refractivity contribution is 0.445. The molecule has 33 heavy (non-hydrogen) atoms. The van der Waals surface area contributed by atoms with Crippen LogP contribution in [0.2, 0.25) is 0 Å². The first-order valence-electron chi connectivity index (χ1n) is 9.36. The van der Waals surface area contributed by atoms with Crippen LogP contribution in [0.5, 0.6) is 5.75 Å². The molecule has 0 amide bonds. The van der Waals surface area contributed by atoms with E-state index in [-0.39, 0.29) is 16.5 Å². The lowest BCUT2D eigenvalue weighted by Crippen LogP contribution is -2.00. The lowest BCUT2D eigenvalue weighted by Gasteiger charge is -2.09. The molecule has 4 rings (SSSR count). The molecule has 0 unspecified atom stereocenters. The summed E-state index contributed by atoms with van der Waals surface area (Å²) in [5.74, 6) is -0.853. The van der Waals surface area contributed by atoms with Crippen LogP contribution in [0.25, 0.3) is 21.9 Å². The Morgan fingerprint density at radius 2 is 1.30 bits per heavy atom. The molecule has 11 heteroatoms. The smallest absolute Gasteiger partial charge is 0.298 e. The van der Waals surface area contributed by atoms with Gasteiger partial charge in [-0.2, -0.15) is 21.9 Å². The first kappa shape index (κ1) is 22.6. The number of phenolic OH excluding ortho intramolecular Hbond substituents is 1. The minimum Gasteiger partial charge on any atom is -0.504 e. The van der Waals surface area contributed by atoms with E-state index in [0.717, 1.165) is 29.3 Å². The summed E-state index contributed by atoms with van der Waals surface area (Å²) in [5, 5.41) is 18.6. The normalized spacial score (nSPS) is 12.4. The molecule has 0 atom stereocenters. The van der Waals surface area contributed by atoms with Crippen molar-refractivity contribution >= 4 is 42.4 Å². The number of azo groups is 1. The summed E-state index contributed by atoms with van der Waals surface area (Å²) in [6, 6.07) is 20.8. The van der Waals surface area contributed by atoms with E-state index in [1.165, 1.54) is 6.07 Å². The minimum atomic E-state index is -4.88. The van der Waals surface area contributed by atoms with Gasteiger partial charge in [-0.05, 0) is 46.8 Å². The van der Waals surface area contributed by atoms with Crippen molar-refractivity contribution in [1.82, 2.24) is 0 Å². The third-order valence-corrected chi connectivity index (χ3v) is 6.55. The maximum Gasteiger partial charge on any atom is 0.298 e. The number of phenols is 1. The molecule has 0 heterocycles. The van der Waals surface area contributed by atoms with E-state index in [4.69, 9.17) is 0 Å². The molecule has 4 aromatic carbocycles. The van der Waals surface area contributed by atoms with Gasteiger partial charge in [-0.15, -0.1) is 5.11 Å². The molecule has 0 spiro atoms. The maximum atomic E-state index is 11.7. The monoisotopic (exact) mass is 484 g/mol. The average Bonchev–Trinajstić information content (AvgIpc) is 2.77. The molecular formula is C22H16N2O7S2. The van der Waals surface area contributed by atoms with Gasteiger partial charge < -0.3 is 5.11 Å². The van der Waals surface area contributed by atoms with E-state index in [9.17, 15) is 31.0 Å². The fourth-order valence-electron chi connectivity index (χ4n) is 3.25. The fraction of sp³-hybridized carbons (Fsp3) is 0. The quantitative estimate of drug-likeness (QED) is 0.262. The van der Waals surface area contributed by atoms with Crippen LogP contribution in [0.4, 0.5) is 11.4 Å². The Kier molecular flexibility index (Phi) is 5.72. The Labute approximate surface area is 189 Å². The summed E-state index contributed by atoms with van der Waals surface area (Å²) in [7, 11) is -9.45. The van der Waals surface area contributed by atoms with Gasteiger partial charge in [0.1, 0.15) is 10.6 Å². The van der Waals surface area contributed by atoms with Crippen LogP contribution in [-0.4, -0.2) is 31.0 Å². The summed E-state index contributed by atoms with van der Waals surface area (Å²) in [6.45, 7) is 0. The van der Waals surface area contributed by atoms with Gasteiger partial charge in [-0.1, -0.05) is 48.5 Å². The van der Waals surface area contributed by atoms with E-state index >= 15 is 0 Å². The third-order valence-electron chi connectivity index (χ3n) is 4.84. The Bertz CT molecular complexity index is 1600. The predicted octanol–water partition coefficient (Wildman–Crippen LogP) is 5.12. The summed E-state index contributed by atoms with van der Waals surface area (Å²) >= 11 is 0. The van der Waals surface area contributed by atoms with Gasteiger partial charge in [-0.25, -0.2) is 0 Å². The van der Waals surface area contributed by atoms with Gasteiger partial charge in [0, 0.05) is 5.39 Å². The Balaban J connectivity index is 1.82. The molecular weight excluding hydrogens is 468 g/mol. The molecule has 168 valence electrons. The molecule has 0 aromatic heterocycles. The highest BCUT2D eigenvalue weighted by Crippen LogP contribution is 2.42. The predicted molar refractivity (Wildman–Crippen MR) is 121 cm³/mol. The number of rotatable bonds is 5. The highest BCUT2D eigenvalue weighted by Gasteiger charge is 2.23. The van der Waals surface area contributed by atoms with Crippen LogP contribution in [0, 0.1) is 0 Å². The Morgan fingerprint density at radius 3 is 1.91 bits per heavy atom. The topological polar surface area (TPSA) is 154 Å². The second kappa shape index (κ2) is 8.37. The first-order valence-corrected chi connectivity index (χ1v) is 12.2. The number of benzene rings is 4. The van der Waals surface area contributed by atoms with E-state index < -0.39 is 35.8 Å². The van der Waals surface area contributed by atoms with Crippen molar-refractivity contribution in [2.24, 2.45) is 10.2 Å². The standard InChI is InChI=1S/C22H16N2O7S2/c25-22-20(33(29,30)31)13-16-12-18(32(26,27)28)10-11-19(16)21(22)24-23-17-8-6-15(7-9-17)14-4-2-1-3-5-14/h1-13,25H,(H,26,27,28)(H,29,30,31). The molecule has 3 N–H and O–H groups in total. The maximum absolute atomic E-state index is 11.7. The summed E-state index contributed by atoms with van der Waals surface area (Å²) in [4.78, 5) is -1.38. The molecule has 0 radical (unpaired) electrons. The van der Waals surface area contributed by atoms with Crippen molar-refractivity contribution in [3.8, 4) is 16.9 Å². The number of fused-ring (bicyclic) bond motifs is 1. The highest BCUT2D eigenvalue weighted by atomic mass is 32.2. The fourth-order valence-corrected chi connectivity index (χ4v) is 4.38. The van der Waals surface area contributed by atoms with Crippen LogP contribution in [0.15, 0.2) is 98.9 Å². The second-order valence-corrected chi connectivity index (χ2v) is 9.83. The molecule has 4 aromatic rings. The Morgan fingerprint density at radius 1 is 0.667 bits per heavy atom. The average molecular weight is 485 g/mol. The molecule has 0 bridgehead atoms. The van der Waals surface area contributed by atoms with Crippen molar-refractivity contribution in [1.29, 1.82) is 0 Å². The SMILES string of the molecule is O=S(=O)(O)c1ccc2c(N=Nc3ccc(-c4ccccc4)cc3)c(O)c(S(=O)(=O)O)cc2c1. The zero-order valence-corrected chi connectivity index (χ0v) is 18.3. The van der Waals surface area contributed by atoms with Crippen molar-refractivity contribution in [2.75, 3.05) is 0 Å². The first-order chi connectivity index (χ1) is 15.5. The second-order valence-electron chi connectivity index (χ2n) is 7.02. The van der Waals surface area contributed by atoms with Gasteiger partial charge in [0.2, 0.25) is 0 Å². The highest BCUT2D eigenvalue weighted by molar-refractivity contribution is 7.86. The molecule has 0 aliphatic rings. The number of hydrogen-bond acceptors (Lipinski definition) is 7. The molecule has 0 aliphatic heterocycles. The van der Waals surface area contributed by atoms with Crippen LogP contribution in [0.1, 0.15) is 0 Å². The van der Waals surface area contributed by atoms with Gasteiger partial charge in [0.25, 0.3) is 20.2 Å². The lowest BCUT2D eigenvalue weighted by atomic mass is 10.1. The molecule has 9 nitrogen and oxygen atoms in total. The van der Waals surface area contributed by atoms with Crippen LogP contribution < -0.4 is 0 Å². The summed E-state index contributed by atoms with van der Waals surface area (Å²) in [5.41, 5.74) is 2.04. The van der Waals surface area contributed by atoms with Crippen LogP contribution in [-0.2, 0) is 20.2 Å². The van der Waals surface area contributed by atoms with E-state index in [1.807, 2.05) is 42.5 Å². The Hall–Kier alpha value is -3.64. The number of hydrogen-bond donors (Lipinski definition) is 3. The number of aromatic hydroxyl groups is 1. The summed E-state index contributed by atoms with van der Waals surface area (Å²) < 4.78 is 65.1. The van der Waals surface area contributed by atoms with E-state index in [0.29, 0.717) is 5.69 Å². The molecule has 0 saturated heterocycles. The van der Waals surface area contributed by atoms with Crippen molar-refractivity contribution < 1.29 is 31.0 Å². The van der Waals surface area contributed by atoms with E-state index in [2.05, 4.69) is 10.2 Å². The minimum absolute atomic E-state index is 0.0103. The van der Waals surface area contributed by atoms with Crippen molar-refractivity contribution in [3.05, 3.63) is 78.9 Å².